The van der Waals surface area contributed by atoms with Gasteiger partial charge in [0.2, 0.25) is 5.91 Å². The second-order valence-electron chi connectivity index (χ2n) is 7.67. The fraction of sp³-hybridized carbons (Fsp3) is 0.579. The van der Waals surface area contributed by atoms with Crippen molar-refractivity contribution in [1.82, 2.24) is 4.90 Å². The standard InChI is InChI=1S/C19H24F3N3O2/c1-18(2)15(19(20,21)22)9-11-25(18)17(27)23-13-6-5-7-14(12-13)24-10-4-3-8-16(24)26/h5-7,12,15H,3-4,8-11H2,1-2H3,(H,23,27). The van der Waals surface area contributed by atoms with E-state index in [4.69, 9.17) is 0 Å². The molecule has 1 N–H and O–H groups in total. The fourth-order valence-electron chi connectivity index (χ4n) is 4.04. The van der Waals surface area contributed by atoms with Gasteiger partial charge in [-0.25, -0.2) is 4.79 Å². The number of nitrogens with one attached hydrogen (secondary N) is 1. The summed E-state index contributed by atoms with van der Waals surface area (Å²) in [6, 6.07) is 6.30. The van der Waals surface area contributed by atoms with Gasteiger partial charge in [-0.1, -0.05) is 6.07 Å². The number of likely N-dealkylation sites (tertiary alicyclic amines) is 1. The highest BCUT2D eigenvalue weighted by molar-refractivity contribution is 5.96. The number of piperidine rings is 1. The smallest absolute Gasteiger partial charge is 0.319 e. The Bertz CT molecular complexity index is 733. The molecule has 3 rings (SSSR count). The minimum Gasteiger partial charge on any atom is -0.319 e. The van der Waals surface area contributed by atoms with E-state index in [0.717, 1.165) is 12.8 Å². The fourth-order valence-corrected chi connectivity index (χ4v) is 4.04. The molecule has 1 aromatic carbocycles. The lowest BCUT2D eigenvalue weighted by atomic mass is 9.88. The summed E-state index contributed by atoms with van der Waals surface area (Å²) in [4.78, 5) is 27.6. The third-order valence-corrected chi connectivity index (χ3v) is 5.56. The molecule has 2 heterocycles. The number of benzene rings is 1. The Morgan fingerprint density at radius 1 is 1.22 bits per heavy atom. The average Bonchev–Trinajstić information content (AvgIpc) is 2.90. The van der Waals surface area contributed by atoms with Crippen molar-refractivity contribution in [3.8, 4) is 0 Å². The van der Waals surface area contributed by atoms with Crippen LogP contribution in [0.3, 0.4) is 0 Å². The maximum Gasteiger partial charge on any atom is 0.394 e. The number of rotatable bonds is 2. The molecule has 2 aliphatic rings. The molecule has 3 amide bonds. The van der Waals surface area contributed by atoms with Gasteiger partial charge in [0.1, 0.15) is 0 Å². The van der Waals surface area contributed by atoms with Crippen LogP contribution >= 0.6 is 0 Å². The molecule has 1 atom stereocenters. The van der Waals surface area contributed by atoms with Crippen LogP contribution in [0.5, 0.6) is 0 Å². The van der Waals surface area contributed by atoms with Gasteiger partial charge in [0, 0.05) is 30.9 Å². The predicted octanol–water partition coefficient (Wildman–Crippen LogP) is 4.40. The Kier molecular flexibility index (Phi) is 5.10. The van der Waals surface area contributed by atoms with Gasteiger partial charge in [-0.05, 0) is 51.3 Å². The zero-order chi connectivity index (χ0) is 19.8. The second-order valence-corrected chi connectivity index (χ2v) is 7.67. The summed E-state index contributed by atoms with van der Waals surface area (Å²) in [5, 5.41) is 2.69. The van der Waals surface area contributed by atoms with E-state index in [-0.39, 0.29) is 18.9 Å². The van der Waals surface area contributed by atoms with Crippen LogP contribution in [0.15, 0.2) is 24.3 Å². The first-order valence-corrected chi connectivity index (χ1v) is 9.16. The molecule has 0 aliphatic carbocycles. The summed E-state index contributed by atoms with van der Waals surface area (Å²) in [5.41, 5.74) is -0.170. The first-order chi connectivity index (χ1) is 12.6. The molecule has 1 unspecified atom stereocenters. The van der Waals surface area contributed by atoms with Crippen molar-refractivity contribution in [2.45, 2.75) is 51.2 Å². The van der Waals surface area contributed by atoms with Gasteiger partial charge in [0.15, 0.2) is 0 Å². The van der Waals surface area contributed by atoms with Crippen LogP contribution in [0.25, 0.3) is 0 Å². The van der Waals surface area contributed by atoms with E-state index in [2.05, 4.69) is 5.32 Å². The van der Waals surface area contributed by atoms with E-state index in [9.17, 15) is 22.8 Å². The second kappa shape index (κ2) is 7.05. The van der Waals surface area contributed by atoms with Crippen molar-refractivity contribution in [3.63, 3.8) is 0 Å². The van der Waals surface area contributed by atoms with E-state index < -0.39 is 23.7 Å². The molecule has 0 bridgehead atoms. The Morgan fingerprint density at radius 2 is 1.96 bits per heavy atom. The number of alkyl halides is 3. The zero-order valence-corrected chi connectivity index (χ0v) is 15.5. The largest absolute Gasteiger partial charge is 0.394 e. The molecule has 2 fully saturated rings. The minimum atomic E-state index is -4.34. The topological polar surface area (TPSA) is 52.7 Å². The third kappa shape index (κ3) is 3.89. The quantitative estimate of drug-likeness (QED) is 0.823. The average molecular weight is 383 g/mol. The van der Waals surface area contributed by atoms with Crippen molar-refractivity contribution in [1.29, 1.82) is 0 Å². The predicted molar refractivity (Wildman–Crippen MR) is 96.6 cm³/mol. The molecule has 0 spiro atoms. The van der Waals surface area contributed by atoms with Crippen molar-refractivity contribution in [2.24, 2.45) is 5.92 Å². The number of anilines is 2. The molecule has 0 aromatic heterocycles. The van der Waals surface area contributed by atoms with Gasteiger partial charge in [0.05, 0.1) is 11.5 Å². The highest BCUT2D eigenvalue weighted by Crippen LogP contribution is 2.44. The SMILES string of the molecule is CC1(C)C(C(F)(F)F)CCN1C(=O)Nc1cccc(N2CCCCC2=O)c1. The van der Waals surface area contributed by atoms with E-state index in [1.54, 1.807) is 29.2 Å². The van der Waals surface area contributed by atoms with Crippen LogP contribution in [-0.4, -0.2) is 41.6 Å². The normalized spacial score (nSPS) is 22.9. The number of urea groups is 1. The van der Waals surface area contributed by atoms with E-state index >= 15 is 0 Å². The number of nitrogens with zero attached hydrogens (tertiary/aromatic N) is 2. The molecule has 5 nitrogen and oxygen atoms in total. The number of hydrogen-bond acceptors (Lipinski definition) is 2. The molecule has 2 aliphatic heterocycles. The van der Waals surface area contributed by atoms with Crippen molar-refractivity contribution < 1.29 is 22.8 Å². The van der Waals surface area contributed by atoms with Crippen LogP contribution in [-0.2, 0) is 4.79 Å². The van der Waals surface area contributed by atoms with Crippen LogP contribution in [0.4, 0.5) is 29.3 Å². The molecule has 0 radical (unpaired) electrons. The molecule has 1 aromatic rings. The Labute approximate surface area is 156 Å². The molecular weight excluding hydrogens is 359 g/mol. The van der Waals surface area contributed by atoms with Crippen LogP contribution in [0.2, 0.25) is 0 Å². The van der Waals surface area contributed by atoms with Gasteiger partial charge in [0.25, 0.3) is 0 Å². The van der Waals surface area contributed by atoms with Gasteiger partial charge < -0.3 is 15.1 Å². The van der Waals surface area contributed by atoms with Crippen molar-refractivity contribution in [2.75, 3.05) is 23.3 Å². The molecule has 8 heteroatoms. The number of carbonyl (C=O) groups excluding carboxylic acids is 2. The molecule has 0 saturated carbocycles. The summed E-state index contributed by atoms with van der Waals surface area (Å²) in [6.07, 6.45) is -2.16. The van der Waals surface area contributed by atoms with E-state index in [1.807, 2.05) is 0 Å². The lowest BCUT2D eigenvalue weighted by Gasteiger charge is -2.36. The Balaban J connectivity index is 1.73. The summed E-state index contributed by atoms with van der Waals surface area (Å²) in [5.74, 6) is -1.51. The van der Waals surface area contributed by atoms with Crippen LogP contribution < -0.4 is 10.2 Å². The molecule has 2 saturated heterocycles. The van der Waals surface area contributed by atoms with Crippen molar-refractivity contribution >= 4 is 23.3 Å². The van der Waals surface area contributed by atoms with Gasteiger partial charge in [-0.3, -0.25) is 4.79 Å². The third-order valence-electron chi connectivity index (χ3n) is 5.56. The van der Waals surface area contributed by atoms with Gasteiger partial charge in [-0.2, -0.15) is 13.2 Å². The number of hydrogen-bond donors (Lipinski definition) is 1. The maximum absolute atomic E-state index is 13.2. The van der Waals surface area contributed by atoms with Gasteiger partial charge >= 0.3 is 12.2 Å². The summed E-state index contributed by atoms with van der Waals surface area (Å²) >= 11 is 0. The summed E-state index contributed by atoms with van der Waals surface area (Å²) in [7, 11) is 0. The summed E-state index contributed by atoms with van der Waals surface area (Å²) in [6.45, 7) is 3.57. The van der Waals surface area contributed by atoms with E-state index in [1.165, 1.54) is 18.7 Å². The van der Waals surface area contributed by atoms with Crippen LogP contribution in [0.1, 0.15) is 39.5 Å². The zero-order valence-electron chi connectivity index (χ0n) is 15.5. The minimum absolute atomic E-state index is 0.0402. The lowest BCUT2D eigenvalue weighted by molar-refractivity contribution is -0.189. The molecule has 27 heavy (non-hydrogen) atoms. The monoisotopic (exact) mass is 383 g/mol. The first kappa shape index (κ1) is 19.5. The number of halogens is 3. The summed E-state index contributed by atoms with van der Waals surface area (Å²) < 4.78 is 39.7. The molecular formula is C19H24F3N3O2. The highest BCUT2D eigenvalue weighted by Gasteiger charge is 2.56. The van der Waals surface area contributed by atoms with E-state index in [0.29, 0.717) is 24.3 Å². The lowest BCUT2D eigenvalue weighted by Crippen LogP contribution is -2.51. The Morgan fingerprint density at radius 3 is 2.59 bits per heavy atom. The number of carbonyl (C=O) groups is 2. The Hall–Kier alpha value is -2.25. The van der Waals surface area contributed by atoms with Gasteiger partial charge in [-0.15, -0.1) is 0 Å². The number of amides is 3. The highest BCUT2D eigenvalue weighted by atomic mass is 19.4. The first-order valence-electron chi connectivity index (χ1n) is 9.16. The van der Waals surface area contributed by atoms with Crippen molar-refractivity contribution in [3.05, 3.63) is 24.3 Å². The van der Waals surface area contributed by atoms with Crippen LogP contribution in [0, 0.1) is 5.92 Å². The molecule has 148 valence electrons. The maximum atomic E-state index is 13.2.